The lowest BCUT2D eigenvalue weighted by atomic mass is 10.0. The van der Waals surface area contributed by atoms with Gasteiger partial charge in [-0.1, -0.05) is 61.0 Å². The summed E-state index contributed by atoms with van der Waals surface area (Å²) < 4.78 is 5.50. The third-order valence-electron chi connectivity index (χ3n) is 4.75. The number of hydrogen-bond acceptors (Lipinski definition) is 3. The lowest BCUT2D eigenvalue weighted by molar-refractivity contribution is -0.127. The summed E-state index contributed by atoms with van der Waals surface area (Å²) in [4.78, 5) is 25.4. The summed E-state index contributed by atoms with van der Waals surface area (Å²) in [5.74, 6) is -0.139. The van der Waals surface area contributed by atoms with Crippen LogP contribution in [0.5, 0.6) is 5.75 Å². The van der Waals surface area contributed by atoms with Crippen LogP contribution in [0.4, 0.5) is 5.69 Å². The molecule has 0 bridgehead atoms. The summed E-state index contributed by atoms with van der Waals surface area (Å²) in [5.41, 5.74) is 2.82. The molecule has 0 spiro atoms. The van der Waals surface area contributed by atoms with Crippen LogP contribution in [0.15, 0.2) is 78.9 Å². The van der Waals surface area contributed by atoms with E-state index >= 15 is 0 Å². The topological polar surface area (TPSA) is 67.4 Å². The van der Waals surface area contributed by atoms with E-state index in [0.717, 1.165) is 12.0 Å². The molecule has 2 amide bonds. The van der Waals surface area contributed by atoms with Gasteiger partial charge in [0, 0.05) is 17.1 Å². The van der Waals surface area contributed by atoms with Gasteiger partial charge in [0.15, 0.2) is 6.61 Å². The van der Waals surface area contributed by atoms with Gasteiger partial charge in [0.2, 0.25) is 5.91 Å². The molecule has 0 aromatic heterocycles. The summed E-state index contributed by atoms with van der Waals surface area (Å²) in [7, 11) is 0. The second-order valence-electron chi connectivity index (χ2n) is 7.09. The summed E-state index contributed by atoms with van der Waals surface area (Å²) in [6, 6.07) is 23.2. The van der Waals surface area contributed by atoms with Crippen LogP contribution < -0.4 is 15.4 Å². The van der Waals surface area contributed by atoms with Crippen molar-refractivity contribution in [2.45, 2.75) is 25.8 Å². The minimum Gasteiger partial charge on any atom is -0.484 e. The molecule has 0 radical (unpaired) electrons. The lowest BCUT2D eigenvalue weighted by Crippen LogP contribution is -2.46. The zero-order chi connectivity index (χ0) is 22.1. The lowest BCUT2D eigenvalue weighted by Gasteiger charge is -2.19. The summed E-state index contributed by atoms with van der Waals surface area (Å²) in [6.45, 7) is 1.87. The molecule has 0 saturated carbocycles. The number of ether oxygens (including phenoxy) is 1. The molecule has 0 heterocycles. The number of anilines is 1. The number of nitrogens with one attached hydrogen (secondary N) is 2. The van der Waals surface area contributed by atoms with Gasteiger partial charge in [-0.05, 0) is 53.9 Å². The van der Waals surface area contributed by atoms with E-state index in [-0.39, 0.29) is 18.4 Å². The number of amides is 2. The maximum atomic E-state index is 12.9. The molecule has 2 N–H and O–H groups in total. The van der Waals surface area contributed by atoms with Crippen molar-refractivity contribution in [3.8, 4) is 5.75 Å². The Labute approximate surface area is 187 Å². The third-order valence-corrected chi connectivity index (χ3v) is 5.00. The second kappa shape index (κ2) is 11.2. The predicted molar refractivity (Wildman–Crippen MR) is 123 cm³/mol. The summed E-state index contributed by atoms with van der Waals surface area (Å²) >= 11 is 5.86. The van der Waals surface area contributed by atoms with E-state index in [1.807, 2.05) is 54.6 Å². The Balaban J connectivity index is 1.65. The van der Waals surface area contributed by atoms with Gasteiger partial charge in [0.25, 0.3) is 5.91 Å². The van der Waals surface area contributed by atoms with Crippen LogP contribution in [0.1, 0.15) is 18.1 Å². The highest BCUT2D eigenvalue weighted by Gasteiger charge is 2.22. The van der Waals surface area contributed by atoms with E-state index in [9.17, 15) is 9.59 Å². The molecule has 1 unspecified atom stereocenters. The minimum absolute atomic E-state index is 0.203. The van der Waals surface area contributed by atoms with Crippen molar-refractivity contribution in [1.29, 1.82) is 0 Å². The molecule has 160 valence electrons. The van der Waals surface area contributed by atoms with E-state index in [1.165, 1.54) is 5.56 Å². The van der Waals surface area contributed by atoms with Crippen LogP contribution in [0.2, 0.25) is 5.02 Å². The molecule has 0 fully saturated rings. The first kappa shape index (κ1) is 22.4. The van der Waals surface area contributed by atoms with Crippen molar-refractivity contribution in [1.82, 2.24) is 5.32 Å². The molecule has 6 heteroatoms. The van der Waals surface area contributed by atoms with Crippen molar-refractivity contribution in [3.05, 3.63) is 95.0 Å². The van der Waals surface area contributed by atoms with Gasteiger partial charge in [-0.2, -0.15) is 0 Å². The summed E-state index contributed by atoms with van der Waals surface area (Å²) in [6.07, 6.45) is 1.29. The smallest absolute Gasteiger partial charge is 0.258 e. The van der Waals surface area contributed by atoms with Gasteiger partial charge in [0.1, 0.15) is 11.8 Å². The normalized spacial score (nSPS) is 11.4. The Kier molecular flexibility index (Phi) is 8.07. The number of carbonyl (C=O) groups is 2. The van der Waals surface area contributed by atoms with Crippen LogP contribution in [0.25, 0.3) is 0 Å². The van der Waals surface area contributed by atoms with Crippen LogP contribution in [0, 0.1) is 0 Å². The van der Waals surface area contributed by atoms with Crippen molar-refractivity contribution >= 4 is 29.1 Å². The highest BCUT2D eigenvalue weighted by molar-refractivity contribution is 6.30. The Morgan fingerprint density at radius 1 is 0.903 bits per heavy atom. The quantitative estimate of drug-likeness (QED) is 0.513. The number of benzene rings is 3. The maximum absolute atomic E-state index is 12.9. The fourth-order valence-electron chi connectivity index (χ4n) is 3.03. The van der Waals surface area contributed by atoms with E-state index < -0.39 is 6.04 Å². The van der Waals surface area contributed by atoms with Crippen molar-refractivity contribution in [2.24, 2.45) is 0 Å². The van der Waals surface area contributed by atoms with Crippen LogP contribution in [0.3, 0.4) is 0 Å². The molecular weight excluding hydrogens is 412 g/mol. The van der Waals surface area contributed by atoms with Gasteiger partial charge >= 0.3 is 0 Å². The first-order chi connectivity index (χ1) is 15.0. The number of rotatable bonds is 9. The predicted octanol–water partition coefficient (Wildman–Crippen LogP) is 4.65. The first-order valence-corrected chi connectivity index (χ1v) is 10.5. The molecule has 0 aliphatic carbocycles. The maximum Gasteiger partial charge on any atom is 0.258 e. The molecular formula is C25H25ClN2O3. The van der Waals surface area contributed by atoms with Crippen LogP contribution in [-0.4, -0.2) is 24.5 Å². The third kappa shape index (κ3) is 7.15. The molecule has 31 heavy (non-hydrogen) atoms. The number of halogens is 1. The fourth-order valence-corrected chi connectivity index (χ4v) is 3.15. The average molecular weight is 437 g/mol. The fraction of sp³-hybridized carbons (Fsp3) is 0.200. The number of carbonyl (C=O) groups excluding carboxylic acids is 2. The molecule has 1 atom stereocenters. The van der Waals surface area contributed by atoms with E-state index in [2.05, 4.69) is 17.6 Å². The zero-order valence-electron chi connectivity index (χ0n) is 17.3. The average Bonchev–Trinajstić information content (AvgIpc) is 2.79. The Bertz CT molecular complexity index is 990. The standard InChI is InChI=1S/C25H25ClN2O3/c1-2-18-8-12-21(13-9-18)27-25(30)23(16-19-6-4-3-5-7-19)28-24(29)17-31-22-14-10-20(26)11-15-22/h3-15,23H,2,16-17H2,1H3,(H,27,30)(H,28,29). The van der Waals surface area contributed by atoms with Gasteiger partial charge in [0.05, 0.1) is 0 Å². The summed E-state index contributed by atoms with van der Waals surface area (Å²) in [5, 5.41) is 6.26. The van der Waals surface area contributed by atoms with E-state index in [1.54, 1.807) is 24.3 Å². The highest BCUT2D eigenvalue weighted by atomic mass is 35.5. The molecule has 3 aromatic rings. The van der Waals surface area contributed by atoms with Crippen LogP contribution in [-0.2, 0) is 22.4 Å². The minimum atomic E-state index is -0.741. The number of aryl methyl sites for hydroxylation is 1. The molecule has 3 aromatic carbocycles. The monoisotopic (exact) mass is 436 g/mol. The Morgan fingerprint density at radius 2 is 1.58 bits per heavy atom. The molecule has 3 rings (SSSR count). The SMILES string of the molecule is CCc1ccc(NC(=O)C(Cc2ccccc2)NC(=O)COc2ccc(Cl)cc2)cc1. The molecule has 0 aliphatic rings. The van der Waals surface area contributed by atoms with Gasteiger partial charge in [-0.3, -0.25) is 9.59 Å². The Morgan fingerprint density at radius 3 is 2.23 bits per heavy atom. The van der Waals surface area contributed by atoms with Crippen LogP contribution >= 0.6 is 11.6 Å². The molecule has 0 saturated heterocycles. The molecule has 0 aliphatic heterocycles. The van der Waals surface area contributed by atoms with Gasteiger partial charge in [-0.25, -0.2) is 0 Å². The van der Waals surface area contributed by atoms with Gasteiger partial charge in [-0.15, -0.1) is 0 Å². The van der Waals surface area contributed by atoms with Gasteiger partial charge < -0.3 is 15.4 Å². The zero-order valence-corrected chi connectivity index (χ0v) is 18.1. The van der Waals surface area contributed by atoms with E-state index in [4.69, 9.17) is 16.3 Å². The van der Waals surface area contributed by atoms with Crippen molar-refractivity contribution in [3.63, 3.8) is 0 Å². The second-order valence-corrected chi connectivity index (χ2v) is 7.53. The van der Waals surface area contributed by atoms with Crippen molar-refractivity contribution < 1.29 is 14.3 Å². The molecule has 5 nitrogen and oxygen atoms in total. The number of hydrogen-bond donors (Lipinski definition) is 2. The Hall–Kier alpha value is -3.31. The van der Waals surface area contributed by atoms with E-state index in [0.29, 0.717) is 22.9 Å². The van der Waals surface area contributed by atoms with Crippen molar-refractivity contribution in [2.75, 3.05) is 11.9 Å². The largest absolute Gasteiger partial charge is 0.484 e. The first-order valence-electron chi connectivity index (χ1n) is 10.1. The highest BCUT2D eigenvalue weighted by Crippen LogP contribution is 2.15.